The van der Waals surface area contributed by atoms with E-state index < -0.39 is 10.0 Å². The molecule has 0 fully saturated rings. The molecule has 1 heterocycles. The van der Waals surface area contributed by atoms with Crippen molar-refractivity contribution in [2.75, 3.05) is 0 Å². The van der Waals surface area contributed by atoms with Crippen LogP contribution in [0.3, 0.4) is 0 Å². The van der Waals surface area contributed by atoms with Crippen molar-refractivity contribution in [2.45, 2.75) is 18.8 Å². The molecule has 0 radical (unpaired) electrons. The lowest BCUT2D eigenvalue weighted by Crippen LogP contribution is -2.26. The van der Waals surface area contributed by atoms with Crippen molar-refractivity contribution >= 4 is 10.0 Å². The van der Waals surface area contributed by atoms with Gasteiger partial charge in [0.1, 0.15) is 5.82 Å². The molecule has 0 atom stereocenters. The summed E-state index contributed by atoms with van der Waals surface area (Å²) in [5, 5.41) is 0. The molecule has 2 aromatic carbocycles. The van der Waals surface area contributed by atoms with Crippen LogP contribution in [0.1, 0.15) is 16.8 Å². The van der Waals surface area contributed by atoms with E-state index in [0.29, 0.717) is 12.1 Å². The molecule has 1 aromatic heterocycles. The van der Waals surface area contributed by atoms with Crippen molar-refractivity contribution in [2.24, 2.45) is 0 Å². The minimum Gasteiger partial charge on any atom is -0.346 e. The summed E-state index contributed by atoms with van der Waals surface area (Å²) in [4.78, 5) is 0. The number of rotatable bonds is 7. The van der Waals surface area contributed by atoms with E-state index in [0.717, 1.165) is 11.3 Å². The van der Waals surface area contributed by atoms with Gasteiger partial charge < -0.3 is 4.57 Å². The Bertz CT molecular complexity index is 937. The Morgan fingerprint density at radius 3 is 2.40 bits per heavy atom. The van der Waals surface area contributed by atoms with E-state index >= 15 is 0 Å². The number of nitrogens with one attached hydrogen (secondary N) is 1. The third-order valence-corrected chi connectivity index (χ3v) is 5.19. The molecule has 0 saturated heterocycles. The average Bonchev–Trinajstić information content (AvgIpc) is 3.03. The molecule has 6 heteroatoms. The first-order valence-electron chi connectivity index (χ1n) is 7.92. The molecular formula is C19H19FN2O2S. The van der Waals surface area contributed by atoms with Crippen LogP contribution in [0.25, 0.3) is 0 Å². The number of benzene rings is 2. The van der Waals surface area contributed by atoms with E-state index in [2.05, 4.69) is 4.72 Å². The van der Waals surface area contributed by atoms with Crippen LogP contribution >= 0.6 is 0 Å². The van der Waals surface area contributed by atoms with E-state index in [4.69, 9.17) is 0 Å². The maximum Gasteiger partial charge on any atom is 0.216 e. The monoisotopic (exact) mass is 358 g/mol. The Labute approximate surface area is 147 Å². The second-order valence-corrected chi connectivity index (χ2v) is 7.59. The summed E-state index contributed by atoms with van der Waals surface area (Å²) in [5.41, 5.74) is 2.07. The van der Waals surface area contributed by atoms with Gasteiger partial charge in [-0.25, -0.2) is 17.5 Å². The Morgan fingerprint density at radius 1 is 0.920 bits per heavy atom. The van der Waals surface area contributed by atoms with E-state index in [1.807, 2.05) is 41.1 Å². The normalized spacial score (nSPS) is 11.6. The molecule has 1 N–H and O–H groups in total. The van der Waals surface area contributed by atoms with Crippen LogP contribution < -0.4 is 4.72 Å². The summed E-state index contributed by atoms with van der Waals surface area (Å²) in [6, 6.07) is 19.2. The smallest absolute Gasteiger partial charge is 0.216 e. The van der Waals surface area contributed by atoms with Crippen molar-refractivity contribution in [3.05, 3.63) is 95.6 Å². The van der Waals surface area contributed by atoms with Gasteiger partial charge in [-0.3, -0.25) is 0 Å². The van der Waals surface area contributed by atoms with Crippen LogP contribution in [0.15, 0.2) is 72.9 Å². The van der Waals surface area contributed by atoms with Crippen LogP contribution in [0.4, 0.5) is 4.39 Å². The van der Waals surface area contributed by atoms with Gasteiger partial charge in [0.15, 0.2) is 0 Å². The van der Waals surface area contributed by atoms with Gasteiger partial charge in [-0.15, -0.1) is 0 Å². The molecule has 3 rings (SSSR count). The lowest BCUT2D eigenvalue weighted by molar-refractivity contribution is 0.574. The van der Waals surface area contributed by atoms with Gasteiger partial charge in [0, 0.05) is 17.5 Å². The molecule has 0 aliphatic rings. The van der Waals surface area contributed by atoms with Gasteiger partial charge in [-0.2, -0.15) is 0 Å². The first-order chi connectivity index (χ1) is 12.0. The van der Waals surface area contributed by atoms with Gasteiger partial charge in [0.25, 0.3) is 0 Å². The quantitative estimate of drug-likeness (QED) is 0.705. The lowest BCUT2D eigenvalue weighted by Gasteiger charge is -2.11. The highest BCUT2D eigenvalue weighted by atomic mass is 32.2. The fourth-order valence-electron chi connectivity index (χ4n) is 2.60. The zero-order valence-electron chi connectivity index (χ0n) is 13.6. The summed E-state index contributed by atoms with van der Waals surface area (Å²) < 4.78 is 42.7. The lowest BCUT2D eigenvalue weighted by atomic mass is 10.2. The maximum absolute atomic E-state index is 13.8. The fraction of sp³-hybridized carbons (Fsp3) is 0.158. The molecule has 0 aliphatic carbocycles. The molecule has 0 unspecified atom stereocenters. The third kappa shape index (κ3) is 4.78. The first kappa shape index (κ1) is 17.4. The van der Waals surface area contributed by atoms with E-state index in [-0.39, 0.29) is 18.1 Å². The Morgan fingerprint density at radius 2 is 1.64 bits per heavy atom. The average molecular weight is 358 g/mol. The SMILES string of the molecule is O=S(=O)(Cc1ccccc1)NCc1cccn1Cc1ccccc1F. The Hall–Kier alpha value is -2.44. The summed E-state index contributed by atoms with van der Waals surface area (Å²) >= 11 is 0. The van der Waals surface area contributed by atoms with Crippen molar-refractivity contribution in [3.63, 3.8) is 0 Å². The zero-order chi connectivity index (χ0) is 17.7. The zero-order valence-corrected chi connectivity index (χ0v) is 14.4. The van der Waals surface area contributed by atoms with E-state index in [1.165, 1.54) is 6.07 Å². The number of hydrogen-bond donors (Lipinski definition) is 1. The number of sulfonamides is 1. The Kier molecular flexibility index (Phi) is 5.31. The maximum atomic E-state index is 13.8. The highest BCUT2D eigenvalue weighted by molar-refractivity contribution is 7.88. The minimum absolute atomic E-state index is 0.0676. The van der Waals surface area contributed by atoms with Gasteiger partial charge in [0.05, 0.1) is 18.8 Å². The van der Waals surface area contributed by atoms with Gasteiger partial charge >= 0.3 is 0 Å². The highest BCUT2D eigenvalue weighted by Gasteiger charge is 2.13. The molecule has 0 spiro atoms. The summed E-state index contributed by atoms with van der Waals surface area (Å²) in [6.45, 7) is 0.520. The first-order valence-corrected chi connectivity index (χ1v) is 9.57. The summed E-state index contributed by atoms with van der Waals surface area (Å²) in [5.74, 6) is -0.339. The third-order valence-electron chi connectivity index (χ3n) is 3.89. The largest absolute Gasteiger partial charge is 0.346 e. The Balaban J connectivity index is 1.66. The molecular weight excluding hydrogens is 339 g/mol. The van der Waals surface area contributed by atoms with Crippen molar-refractivity contribution in [1.29, 1.82) is 0 Å². The molecule has 3 aromatic rings. The van der Waals surface area contributed by atoms with Crippen molar-refractivity contribution < 1.29 is 12.8 Å². The number of halogens is 1. The molecule has 0 aliphatic heterocycles. The van der Waals surface area contributed by atoms with E-state index in [1.54, 1.807) is 30.3 Å². The van der Waals surface area contributed by atoms with Crippen LogP contribution in [0, 0.1) is 5.82 Å². The number of aromatic nitrogens is 1. The highest BCUT2D eigenvalue weighted by Crippen LogP contribution is 2.12. The van der Waals surface area contributed by atoms with Crippen LogP contribution in [0.2, 0.25) is 0 Å². The number of hydrogen-bond acceptors (Lipinski definition) is 2. The van der Waals surface area contributed by atoms with Gasteiger partial charge in [-0.1, -0.05) is 48.5 Å². The van der Waals surface area contributed by atoms with Crippen LogP contribution in [0.5, 0.6) is 0 Å². The van der Waals surface area contributed by atoms with Crippen LogP contribution in [-0.2, 0) is 28.9 Å². The second-order valence-electron chi connectivity index (χ2n) is 5.78. The predicted molar refractivity (Wildman–Crippen MR) is 95.8 cm³/mol. The van der Waals surface area contributed by atoms with Crippen LogP contribution in [-0.4, -0.2) is 13.0 Å². The molecule has 0 bridgehead atoms. The van der Waals surface area contributed by atoms with E-state index in [9.17, 15) is 12.8 Å². The number of nitrogens with zero attached hydrogens (tertiary/aromatic N) is 1. The minimum atomic E-state index is -3.45. The van der Waals surface area contributed by atoms with Crippen molar-refractivity contribution in [3.8, 4) is 0 Å². The molecule has 0 saturated carbocycles. The molecule has 4 nitrogen and oxygen atoms in total. The van der Waals surface area contributed by atoms with Gasteiger partial charge in [0.2, 0.25) is 10.0 Å². The van der Waals surface area contributed by atoms with Gasteiger partial charge in [-0.05, 0) is 23.8 Å². The predicted octanol–water partition coefficient (Wildman–Crippen LogP) is 3.30. The summed E-state index contributed by atoms with van der Waals surface area (Å²) in [7, 11) is -3.45. The molecule has 0 amide bonds. The summed E-state index contributed by atoms with van der Waals surface area (Å²) in [6.07, 6.45) is 1.81. The fourth-order valence-corrected chi connectivity index (χ4v) is 3.70. The standard InChI is InChI=1S/C19H19FN2O2S/c20-19-11-5-4-9-17(19)14-22-12-6-10-18(22)13-21-25(23,24)15-16-7-2-1-3-8-16/h1-12,21H,13-15H2. The topological polar surface area (TPSA) is 51.1 Å². The second kappa shape index (κ2) is 7.63. The molecule has 25 heavy (non-hydrogen) atoms. The van der Waals surface area contributed by atoms with Crippen molar-refractivity contribution in [1.82, 2.24) is 9.29 Å². The molecule has 130 valence electrons.